The van der Waals surface area contributed by atoms with Crippen LogP contribution in [0.5, 0.6) is 0 Å². The lowest BCUT2D eigenvalue weighted by molar-refractivity contribution is -0.385. The van der Waals surface area contributed by atoms with E-state index < -0.39 is 28.3 Å². The molecule has 0 atom stereocenters. The van der Waals surface area contributed by atoms with E-state index in [-0.39, 0.29) is 17.9 Å². The number of alkyl halides is 3. The summed E-state index contributed by atoms with van der Waals surface area (Å²) in [6.45, 7) is 0.0473. The van der Waals surface area contributed by atoms with Gasteiger partial charge in [-0.15, -0.1) is 0 Å². The van der Waals surface area contributed by atoms with E-state index in [9.17, 15) is 28.1 Å². The van der Waals surface area contributed by atoms with Crippen LogP contribution < -0.4 is 5.32 Å². The predicted molar refractivity (Wildman–Crippen MR) is 90.6 cm³/mol. The molecule has 1 aromatic carbocycles. The normalized spacial score (nSPS) is 11.4. The van der Waals surface area contributed by atoms with Crippen LogP contribution in [-0.2, 0) is 19.8 Å². The molecule has 3 rings (SSSR count). The molecule has 0 aliphatic rings. The van der Waals surface area contributed by atoms with Crippen LogP contribution in [0.15, 0.2) is 42.9 Å². The molecule has 12 heteroatoms. The fourth-order valence-electron chi connectivity index (χ4n) is 2.56. The van der Waals surface area contributed by atoms with Crippen molar-refractivity contribution in [2.24, 2.45) is 7.05 Å². The zero-order valence-corrected chi connectivity index (χ0v) is 14.3. The molecule has 0 aliphatic carbocycles. The third-order valence-electron chi connectivity index (χ3n) is 3.82. The van der Waals surface area contributed by atoms with Crippen LogP contribution in [0, 0.1) is 10.1 Å². The number of nitrogens with zero attached hydrogens (tertiary/aromatic N) is 5. The molecule has 0 bridgehead atoms. The predicted octanol–water partition coefficient (Wildman–Crippen LogP) is 2.84. The SMILES string of the molecule is Cn1ncc([N+](=O)[O-])c1C(=O)Nc1cnn(Cc2cccc(C(F)(F)F)c2)c1. The summed E-state index contributed by atoms with van der Waals surface area (Å²) < 4.78 is 40.8. The summed E-state index contributed by atoms with van der Waals surface area (Å²) in [5.74, 6) is -0.759. The van der Waals surface area contributed by atoms with Gasteiger partial charge in [0.2, 0.25) is 5.69 Å². The Kier molecular flexibility index (Phi) is 4.86. The van der Waals surface area contributed by atoms with Crippen molar-refractivity contribution >= 4 is 17.3 Å². The average Bonchev–Trinajstić information content (AvgIpc) is 3.20. The van der Waals surface area contributed by atoms with Gasteiger partial charge in [0, 0.05) is 13.2 Å². The van der Waals surface area contributed by atoms with E-state index in [2.05, 4.69) is 15.5 Å². The van der Waals surface area contributed by atoms with Crippen LogP contribution >= 0.6 is 0 Å². The Balaban J connectivity index is 1.74. The van der Waals surface area contributed by atoms with Gasteiger partial charge in [-0.1, -0.05) is 12.1 Å². The molecule has 0 unspecified atom stereocenters. The second-order valence-corrected chi connectivity index (χ2v) is 5.84. The maximum absolute atomic E-state index is 12.8. The molecular weight excluding hydrogens is 381 g/mol. The lowest BCUT2D eigenvalue weighted by Gasteiger charge is -2.08. The fourth-order valence-corrected chi connectivity index (χ4v) is 2.56. The molecule has 0 saturated heterocycles. The number of nitrogens with one attached hydrogen (secondary N) is 1. The lowest BCUT2D eigenvalue weighted by atomic mass is 10.1. The van der Waals surface area contributed by atoms with E-state index in [0.717, 1.165) is 23.0 Å². The summed E-state index contributed by atoms with van der Waals surface area (Å²) in [6, 6.07) is 4.80. The van der Waals surface area contributed by atoms with Gasteiger partial charge < -0.3 is 5.32 Å². The number of benzene rings is 1. The van der Waals surface area contributed by atoms with Gasteiger partial charge in [-0.3, -0.25) is 24.3 Å². The van der Waals surface area contributed by atoms with Crippen molar-refractivity contribution in [1.29, 1.82) is 0 Å². The molecule has 146 valence electrons. The monoisotopic (exact) mass is 394 g/mol. The maximum atomic E-state index is 12.8. The first kappa shape index (κ1) is 19.1. The average molecular weight is 394 g/mol. The van der Waals surface area contributed by atoms with E-state index in [4.69, 9.17) is 0 Å². The zero-order valence-electron chi connectivity index (χ0n) is 14.3. The smallest absolute Gasteiger partial charge is 0.318 e. The van der Waals surface area contributed by atoms with Crippen molar-refractivity contribution in [1.82, 2.24) is 19.6 Å². The molecular formula is C16H13F3N6O3. The molecule has 2 heterocycles. The highest BCUT2D eigenvalue weighted by atomic mass is 19.4. The van der Waals surface area contributed by atoms with Crippen LogP contribution in [0.1, 0.15) is 21.6 Å². The highest BCUT2D eigenvalue weighted by molar-refractivity contribution is 6.05. The number of aromatic nitrogens is 4. The van der Waals surface area contributed by atoms with E-state index >= 15 is 0 Å². The molecule has 9 nitrogen and oxygen atoms in total. The number of aryl methyl sites for hydroxylation is 1. The highest BCUT2D eigenvalue weighted by Gasteiger charge is 2.30. The van der Waals surface area contributed by atoms with Crippen molar-refractivity contribution in [3.05, 3.63) is 69.8 Å². The number of carbonyl (C=O) groups is 1. The van der Waals surface area contributed by atoms with Gasteiger partial charge in [0.15, 0.2) is 0 Å². The van der Waals surface area contributed by atoms with Crippen molar-refractivity contribution in [2.75, 3.05) is 5.32 Å². The van der Waals surface area contributed by atoms with Crippen molar-refractivity contribution in [3.63, 3.8) is 0 Å². The third-order valence-corrected chi connectivity index (χ3v) is 3.82. The molecule has 0 saturated carbocycles. The topological polar surface area (TPSA) is 108 Å². The second-order valence-electron chi connectivity index (χ2n) is 5.84. The minimum atomic E-state index is -4.45. The summed E-state index contributed by atoms with van der Waals surface area (Å²) in [5.41, 5.74) is -0.855. The van der Waals surface area contributed by atoms with E-state index in [1.54, 1.807) is 0 Å². The number of hydrogen-bond donors (Lipinski definition) is 1. The minimum absolute atomic E-state index is 0.0473. The summed E-state index contributed by atoms with van der Waals surface area (Å²) in [4.78, 5) is 22.6. The summed E-state index contributed by atoms with van der Waals surface area (Å²) in [6.07, 6.45) is -0.795. The number of amides is 1. The van der Waals surface area contributed by atoms with E-state index in [1.807, 2.05) is 0 Å². The van der Waals surface area contributed by atoms with Crippen LogP contribution in [0.2, 0.25) is 0 Å². The summed E-state index contributed by atoms with van der Waals surface area (Å²) >= 11 is 0. The van der Waals surface area contributed by atoms with Gasteiger partial charge in [-0.05, 0) is 17.7 Å². The van der Waals surface area contributed by atoms with Crippen LogP contribution in [-0.4, -0.2) is 30.4 Å². The largest absolute Gasteiger partial charge is 0.416 e. The first-order chi connectivity index (χ1) is 13.1. The molecule has 0 radical (unpaired) electrons. The van der Waals surface area contributed by atoms with Crippen molar-refractivity contribution in [3.8, 4) is 0 Å². The zero-order chi connectivity index (χ0) is 20.5. The molecule has 1 amide bonds. The second kappa shape index (κ2) is 7.13. The van der Waals surface area contributed by atoms with Gasteiger partial charge in [-0.25, -0.2) is 0 Å². The van der Waals surface area contributed by atoms with E-state index in [0.29, 0.717) is 5.56 Å². The minimum Gasteiger partial charge on any atom is -0.318 e. The molecule has 0 spiro atoms. The Morgan fingerprint density at radius 2 is 2.04 bits per heavy atom. The number of hydrogen-bond acceptors (Lipinski definition) is 5. The first-order valence-electron chi connectivity index (χ1n) is 7.81. The van der Waals surface area contributed by atoms with Crippen LogP contribution in [0.3, 0.4) is 0 Å². The number of nitro groups is 1. The standard InChI is InChI=1S/C16H13F3N6O3/c1-23-14(13(7-20-23)25(27)28)15(26)22-12-6-21-24(9-12)8-10-3-2-4-11(5-10)16(17,18)19/h2-7,9H,8H2,1H3,(H,22,26). The van der Waals surface area contributed by atoms with E-state index in [1.165, 1.54) is 36.3 Å². The first-order valence-corrected chi connectivity index (χ1v) is 7.81. The van der Waals surface area contributed by atoms with Crippen LogP contribution in [0.25, 0.3) is 0 Å². The fraction of sp³-hybridized carbons (Fsp3) is 0.188. The Hall–Kier alpha value is -3.70. The molecule has 1 N–H and O–H groups in total. The number of anilines is 1. The van der Waals surface area contributed by atoms with Gasteiger partial charge in [0.05, 0.1) is 28.9 Å². The molecule has 28 heavy (non-hydrogen) atoms. The third kappa shape index (κ3) is 4.00. The molecule has 2 aromatic heterocycles. The molecule has 0 fully saturated rings. The summed E-state index contributed by atoms with van der Waals surface area (Å²) in [5, 5.41) is 21.1. The maximum Gasteiger partial charge on any atom is 0.416 e. The van der Waals surface area contributed by atoms with Gasteiger partial charge in [0.1, 0.15) is 6.20 Å². The van der Waals surface area contributed by atoms with Gasteiger partial charge in [0.25, 0.3) is 5.91 Å². The Morgan fingerprint density at radius 1 is 1.29 bits per heavy atom. The van der Waals surface area contributed by atoms with Crippen molar-refractivity contribution in [2.45, 2.75) is 12.7 Å². The quantitative estimate of drug-likeness (QED) is 0.529. The number of halogens is 3. The highest BCUT2D eigenvalue weighted by Crippen LogP contribution is 2.29. The van der Waals surface area contributed by atoms with Crippen molar-refractivity contribution < 1.29 is 22.9 Å². The van der Waals surface area contributed by atoms with Gasteiger partial charge in [-0.2, -0.15) is 23.4 Å². The molecule has 0 aliphatic heterocycles. The number of carbonyl (C=O) groups excluding carboxylic acids is 1. The molecule has 3 aromatic rings. The Bertz CT molecular complexity index is 1040. The lowest BCUT2D eigenvalue weighted by Crippen LogP contribution is -2.17. The Morgan fingerprint density at radius 3 is 2.71 bits per heavy atom. The number of rotatable bonds is 5. The summed E-state index contributed by atoms with van der Waals surface area (Å²) in [7, 11) is 1.39. The van der Waals surface area contributed by atoms with Crippen LogP contribution in [0.4, 0.5) is 24.5 Å². The Labute approximate surface area is 155 Å². The van der Waals surface area contributed by atoms with Gasteiger partial charge >= 0.3 is 11.9 Å².